The molecule has 0 saturated carbocycles. The van der Waals surface area contributed by atoms with E-state index in [0.29, 0.717) is 24.3 Å². The highest BCUT2D eigenvalue weighted by atomic mass is 16.5. The van der Waals surface area contributed by atoms with Gasteiger partial charge in [0.1, 0.15) is 36.0 Å². The number of ether oxygens (including phenoxy) is 2. The summed E-state index contributed by atoms with van der Waals surface area (Å²) in [6, 6.07) is 17.6. The second kappa shape index (κ2) is 6.91. The summed E-state index contributed by atoms with van der Waals surface area (Å²) >= 11 is 0. The van der Waals surface area contributed by atoms with E-state index >= 15 is 0 Å². The van der Waals surface area contributed by atoms with Gasteiger partial charge in [-0.05, 0) is 47.2 Å². The van der Waals surface area contributed by atoms with Crippen molar-refractivity contribution in [3.05, 3.63) is 66.2 Å². The minimum absolute atomic E-state index is 0.132. The monoisotopic (exact) mass is 324 g/mol. The Morgan fingerprint density at radius 2 is 1.54 bits per heavy atom. The number of benzene rings is 3. The second-order valence-electron chi connectivity index (χ2n) is 5.19. The molecule has 122 valence electrons. The molecule has 0 aromatic heterocycles. The standard InChI is InChI=1S/C19H16O5/c20-18-12-13-6-7-16(10-14(13)11-17(18)19(21)22)24-9-8-23-15-4-2-1-3-5-15/h1-7,10-12,20H,8-9H2,(H,21,22). The van der Waals surface area contributed by atoms with Crippen molar-refractivity contribution in [1.82, 2.24) is 0 Å². The lowest BCUT2D eigenvalue weighted by Crippen LogP contribution is -2.08. The Hall–Kier alpha value is -3.21. The first-order valence-corrected chi connectivity index (χ1v) is 7.44. The quantitative estimate of drug-likeness (QED) is 0.676. The third-order valence-corrected chi connectivity index (χ3v) is 3.52. The van der Waals surface area contributed by atoms with E-state index < -0.39 is 5.97 Å². The van der Waals surface area contributed by atoms with Crippen LogP contribution in [0, 0.1) is 0 Å². The van der Waals surface area contributed by atoms with Crippen LogP contribution in [0.3, 0.4) is 0 Å². The molecule has 0 aliphatic heterocycles. The molecular weight excluding hydrogens is 308 g/mol. The highest BCUT2D eigenvalue weighted by molar-refractivity contribution is 5.97. The lowest BCUT2D eigenvalue weighted by atomic mass is 10.1. The maximum atomic E-state index is 11.1. The van der Waals surface area contributed by atoms with Gasteiger partial charge in [0, 0.05) is 0 Å². The van der Waals surface area contributed by atoms with Gasteiger partial charge in [0.25, 0.3) is 0 Å². The number of rotatable bonds is 6. The molecule has 3 aromatic carbocycles. The molecule has 0 amide bonds. The normalized spacial score (nSPS) is 10.5. The van der Waals surface area contributed by atoms with Crippen LogP contribution >= 0.6 is 0 Å². The molecule has 5 nitrogen and oxygen atoms in total. The lowest BCUT2D eigenvalue weighted by Gasteiger charge is -2.10. The van der Waals surface area contributed by atoms with Crippen LogP contribution in [0.5, 0.6) is 17.2 Å². The molecule has 0 atom stereocenters. The number of hydrogen-bond donors (Lipinski definition) is 2. The first-order valence-electron chi connectivity index (χ1n) is 7.44. The van der Waals surface area contributed by atoms with E-state index in [9.17, 15) is 9.90 Å². The number of carboxylic acid groups (broad SMARTS) is 1. The highest BCUT2D eigenvalue weighted by Gasteiger charge is 2.11. The molecular formula is C19H16O5. The van der Waals surface area contributed by atoms with Gasteiger partial charge in [0.15, 0.2) is 0 Å². The van der Waals surface area contributed by atoms with Gasteiger partial charge in [-0.25, -0.2) is 4.79 Å². The van der Waals surface area contributed by atoms with Crippen LogP contribution in [0.4, 0.5) is 0 Å². The van der Waals surface area contributed by atoms with E-state index in [1.807, 2.05) is 30.3 Å². The van der Waals surface area contributed by atoms with Crippen LogP contribution in [-0.4, -0.2) is 29.4 Å². The molecule has 3 aromatic rings. The molecule has 0 aliphatic rings. The zero-order valence-corrected chi connectivity index (χ0v) is 12.8. The summed E-state index contributed by atoms with van der Waals surface area (Å²) in [5.74, 6) is -0.0284. The Balaban J connectivity index is 1.66. The number of para-hydroxylation sites is 1. The predicted octanol–water partition coefficient (Wildman–Crippen LogP) is 3.70. The van der Waals surface area contributed by atoms with Gasteiger partial charge >= 0.3 is 5.97 Å². The third kappa shape index (κ3) is 3.57. The molecule has 0 saturated heterocycles. The summed E-state index contributed by atoms with van der Waals surface area (Å²) < 4.78 is 11.2. The van der Waals surface area contributed by atoms with Gasteiger partial charge < -0.3 is 19.7 Å². The van der Waals surface area contributed by atoms with Crippen LogP contribution in [0.1, 0.15) is 10.4 Å². The molecule has 0 unspecified atom stereocenters. The topological polar surface area (TPSA) is 76.0 Å². The number of fused-ring (bicyclic) bond motifs is 1. The predicted molar refractivity (Wildman–Crippen MR) is 90.0 cm³/mol. The van der Waals surface area contributed by atoms with E-state index in [-0.39, 0.29) is 11.3 Å². The number of phenols is 1. The number of carboxylic acids is 1. The molecule has 3 rings (SSSR count). The summed E-state index contributed by atoms with van der Waals surface area (Å²) in [4.78, 5) is 11.1. The molecule has 2 N–H and O–H groups in total. The molecule has 5 heteroatoms. The van der Waals surface area contributed by atoms with Crippen molar-refractivity contribution in [2.24, 2.45) is 0 Å². The largest absolute Gasteiger partial charge is 0.507 e. The maximum Gasteiger partial charge on any atom is 0.339 e. The Labute approximate surface area is 138 Å². The Morgan fingerprint density at radius 1 is 0.833 bits per heavy atom. The number of hydrogen-bond acceptors (Lipinski definition) is 4. The summed E-state index contributed by atoms with van der Waals surface area (Å²) in [7, 11) is 0. The molecule has 0 spiro atoms. The van der Waals surface area contributed by atoms with Crippen molar-refractivity contribution in [3.63, 3.8) is 0 Å². The summed E-state index contributed by atoms with van der Waals surface area (Å²) in [5, 5.41) is 20.2. The molecule has 0 heterocycles. The molecule has 0 bridgehead atoms. The van der Waals surface area contributed by atoms with Crippen LogP contribution in [0.15, 0.2) is 60.7 Å². The minimum Gasteiger partial charge on any atom is -0.507 e. The van der Waals surface area contributed by atoms with Crippen molar-refractivity contribution in [2.45, 2.75) is 0 Å². The van der Waals surface area contributed by atoms with Crippen molar-refractivity contribution in [2.75, 3.05) is 13.2 Å². The Kier molecular flexibility index (Phi) is 4.52. The molecule has 24 heavy (non-hydrogen) atoms. The average Bonchev–Trinajstić information content (AvgIpc) is 2.59. The van der Waals surface area contributed by atoms with E-state index in [1.54, 1.807) is 18.2 Å². The SMILES string of the molecule is O=C(O)c1cc2cc(OCCOc3ccccc3)ccc2cc1O. The molecule has 0 aliphatic carbocycles. The van der Waals surface area contributed by atoms with Gasteiger partial charge in [-0.2, -0.15) is 0 Å². The molecule has 0 fully saturated rings. The smallest absolute Gasteiger partial charge is 0.339 e. The second-order valence-corrected chi connectivity index (χ2v) is 5.19. The average molecular weight is 324 g/mol. The third-order valence-electron chi connectivity index (χ3n) is 3.52. The Morgan fingerprint density at radius 3 is 2.25 bits per heavy atom. The maximum absolute atomic E-state index is 11.1. The summed E-state index contributed by atoms with van der Waals surface area (Å²) in [6.07, 6.45) is 0. The fraction of sp³-hybridized carbons (Fsp3) is 0.105. The van der Waals surface area contributed by atoms with Crippen molar-refractivity contribution in [3.8, 4) is 17.2 Å². The van der Waals surface area contributed by atoms with Gasteiger partial charge in [0.05, 0.1) is 0 Å². The van der Waals surface area contributed by atoms with E-state index in [0.717, 1.165) is 11.1 Å². The number of aromatic hydroxyl groups is 1. The van der Waals surface area contributed by atoms with Crippen LogP contribution in [0.2, 0.25) is 0 Å². The van der Waals surface area contributed by atoms with Crippen LogP contribution < -0.4 is 9.47 Å². The zero-order valence-electron chi connectivity index (χ0n) is 12.8. The van der Waals surface area contributed by atoms with Crippen molar-refractivity contribution < 1.29 is 24.5 Å². The fourth-order valence-corrected chi connectivity index (χ4v) is 2.36. The summed E-state index contributed by atoms with van der Waals surface area (Å²) in [5.41, 5.74) is -0.132. The molecule has 0 radical (unpaired) electrons. The van der Waals surface area contributed by atoms with E-state index in [1.165, 1.54) is 12.1 Å². The Bertz CT molecular complexity index is 858. The fourth-order valence-electron chi connectivity index (χ4n) is 2.36. The zero-order chi connectivity index (χ0) is 16.9. The van der Waals surface area contributed by atoms with Crippen LogP contribution in [-0.2, 0) is 0 Å². The van der Waals surface area contributed by atoms with E-state index in [4.69, 9.17) is 14.6 Å². The summed E-state index contributed by atoms with van der Waals surface area (Å²) in [6.45, 7) is 0.766. The van der Waals surface area contributed by atoms with Gasteiger partial charge in [0.2, 0.25) is 0 Å². The van der Waals surface area contributed by atoms with Crippen molar-refractivity contribution >= 4 is 16.7 Å². The van der Waals surface area contributed by atoms with Crippen molar-refractivity contribution in [1.29, 1.82) is 0 Å². The van der Waals surface area contributed by atoms with Gasteiger partial charge in [-0.1, -0.05) is 24.3 Å². The number of carbonyl (C=O) groups is 1. The first kappa shape index (κ1) is 15.7. The van der Waals surface area contributed by atoms with E-state index in [2.05, 4.69) is 0 Å². The lowest BCUT2D eigenvalue weighted by molar-refractivity contribution is 0.0694. The number of aromatic carboxylic acids is 1. The highest BCUT2D eigenvalue weighted by Crippen LogP contribution is 2.28. The van der Waals surface area contributed by atoms with Crippen LogP contribution in [0.25, 0.3) is 10.8 Å². The first-order chi connectivity index (χ1) is 11.6. The van der Waals surface area contributed by atoms with Gasteiger partial charge in [-0.15, -0.1) is 0 Å². The van der Waals surface area contributed by atoms with Gasteiger partial charge in [-0.3, -0.25) is 0 Å². The minimum atomic E-state index is -1.17.